The average Bonchev–Trinajstić information content (AvgIpc) is 3.37. The molecule has 1 aliphatic rings. The van der Waals surface area contributed by atoms with Gasteiger partial charge in [0.25, 0.3) is 5.91 Å². The Morgan fingerprint density at radius 1 is 0.875 bits per heavy atom. The van der Waals surface area contributed by atoms with Crippen molar-refractivity contribution in [1.29, 1.82) is 0 Å². The Morgan fingerprint density at radius 3 is 2.22 bits per heavy atom. The normalized spacial score (nSPS) is 15.3. The van der Waals surface area contributed by atoms with Crippen LogP contribution >= 0.6 is 0 Å². The fraction of sp³-hybridized carbons (Fsp3) is 0.259. The van der Waals surface area contributed by atoms with Gasteiger partial charge >= 0.3 is 0 Å². The number of anilines is 1. The molecule has 1 saturated heterocycles. The second-order valence-corrected chi connectivity index (χ2v) is 8.03. The molecule has 5 nitrogen and oxygen atoms in total. The highest BCUT2D eigenvalue weighted by Gasteiger charge is 2.19. The molecule has 0 aliphatic carbocycles. The van der Waals surface area contributed by atoms with Gasteiger partial charge in [0, 0.05) is 24.4 Å². The molecule has 1 aliphatic heterocycles. The summed E-state index contributed by atoms with van der Waals surface area (Å²) in [5.41, 5.74) is 3.40. The number of nitrogens with one attached hydrogen (secondary N) is 1. The van der Waals surface area contributed by atoms with Crippen molar-refractivity contribution < 1.29 is 14.3 Å². The molecule has 5 heteroatoms. The van der Waals surface area contributed by atoms with Crippen molar-refractivity contribution >= 4 is 17.5 Å². The minimum absolute atomic E-state index is 0.0187. The predicted molar refractivity (Wildman–Crippen MR) is 126 cm³/mol. The van der Waals surface area contributed by atoms with E-state index in [2.05, 4.69) is 5.32 Å². The molecule has 4 rings (SSSR count). The number of carbonyl (C=O) groups excluding carboxylic acids is 2. The van der Waals surface area contributed by atoms with E-state index in [9.17, 15) is 9.59 Å². The fourth-order valence-corrected chi connectivity index (χ4v) is 3.86. The Bertz CT molecular complexity index is 1010. The van der Waals surface area contributed by atoms with Crippen molar-refractivity contribution in [2.45, 2.75) is 31.9 Å². The Balaban J connectivity index is 1.45. The Kier molecular flexibility index (Phi) is 7.31. The second kappa shape index (κ2) is 10.7. The Morgan fingerprint density at radius 2 is 1.56 bits per heavy atom. The zero-order chi connectivity index (χ0) is 22.2. The van der Waals surface area contributed by atoms with Crippen LogP contribution in [0, 0.1) is 0 Å². The maximum Gasteiger partial charge on any atom is 0.258 e. The van der Waals surface area contributed by atoms with Gasteiger partial charge in [-0.2, -0.15) is 0 Å². The largest absolute Gasteiger partial charge is 0.376 e. The van der Waals surface area contributed by atoms with Crippen molar-refractivity contribution in [3.8, 4) is 0 Å². The van der Waals surface area contributed by atoms with Crippen LogP contribution in [0.5, 0.6) is 0 Å². The lowest BCUT2D eigenvalue weighted by molar-refractivity contribution is -0.120. The van der Waals surface area contributed by atoms with Crippen LogP contribution in [0.4, 0.5) is 5.69 Å². The third-order valence-electron chi connectivity index (χ3n) is 5.61. The number of hydrogen-bond acceptors (Lipinski definition) is 3. The quantitative estimate of drug-likeness (QED) is 0.580. The van der Waals surface area contributed by atoms with E-state index in [1.54, 1.807) is 4.90 Å². The van der Waals surface area contributed by atoms with Gasteiger partial charge in [-0.25, -0.2) is 0 Å². The lowest BCUT2D eigenvalue weighted by Gasteiger charge is -2.23. The number of carbonyl (C=O) groups is 2. The molecule has 3 aromatic rings. The first kappa shape index (κ1) is 21.8. The molecular formula is C27H28N2O3. The van der Waals surface area contributed by atoms with Crippen LogP contribution in [0.3, 0.4) is 0 Å². The number of rotatable bonds is 8. The van der Waals surface area contributed by atoms with E-state index in [0.29, 0.717) is 25.1 Å². The van der Waals surface area contributed by atoms with Crippen molar-refractivity contribution in [1.82, 2.24) is 5.32 Å². The van der Waals surface area contributed by atoms with E-state index in [4.69, 9.17) is 4.74 Å². The number of amides is 2. The molecule has 0 radical (unpaired) electrons. The maximum absolute atomic E-state index is 13.3. The highest BCUT2D eigenvalue weighted by atomic mass is 16.5. The Labute approximate surface area is 189 Å². The van der Waals surface area contributed by atoms with Crippen molar-refractivity contribution in [2.24, 2.45) is 0 Å². The van der Waals surface area contributed by atoms with Gasteiger partial charge in [-0.3, -0.25) is 9.59 Å². The van der Waals surface area contributed by atoms with Crippen molar-refractivity contribution in [2.75, 3.05) is 18.1 Å². The molecule has 3 aromatic carbocycles. The SMILES string of the molecule is O=C(Cc1ccc(N(Cc2ccccc2)C(=O)c2ccccc2)cc1)NCC1CCCO1. The summed E-state index contributed by atoms with van der Waals surface area (Å²) in [7, 11) is 0. The zero-order valence-corrected chi connectivity index (χ0v) is 18.1. The molecule has 1 atom stereocenters. The summed E-state index contributed by atoms with van der Waals surface area (Å²) in [6.07, 6.45) is 2.50. The van der Waals surface area contributed by atoms with Crippen LogP contribution in [0.25, 0.3) is 0 Å². The molecule has 1 N–H and O–H groups in total. The molecule has 1 heterocycles. The van der Waals surface area contributed by atoms with Crippen LogP contribution in [0.1, 0.15) is 34.3 Å². The van der Waals surface area contributed by atoms with Crippen LogP contribution in [0.15, 0.2) is 84.9 Å². The number of nitrogens with zero attached hydrogens (tertiary/aromatic N) is 1. The third kappa shape index (κ3) is 5.83. The second-order valence-electron chi connectivity index (χ2n) is 8.03. The molecule has 0 spiro atoms. The van der Waals surface area contributed by atoms with Gasteiger partial charge in [0.2, 0.25) is 5.91 Å². The first-order valence-corrected chi connectivity index (χ1v) is 11.1. The van der Waals surface area contributed by atoms with Gasteiger partial charge in [0.1, 0.15) is 0 Å². The van der Waals surface area contributed by atoms with E-state index in [1.807, 2.05) is 84.9 Å². The highest BCUT2D eigenvalue weighted by molar-refractivity contribution is 6.06. The van der Waals surface area contributed by atoms with Gasteiger partial charge < -0.3 is 15.0 Å². The maximum atomic E-state index is 13.3. The summed E-state index contributed by atoms with van der Waals surface area (Å²) in [4.78, 5) is 27.3. The van der Waals surface area contributed by atoms with E-state index in [0.717, 1.165) is 36.3 Å². The van der Waals surface area contributed by atoms with Gasteiger partial charge in [0.15, 0.2) is 0 Å². The third-order valence-corrected chi connectivity index (χ3v) is 5.61. The average molecular weight is 429 g/mol. The standard InChI is InChI=1S/C27H28N2O3/c30-26(28-19-25-12-7-17-32-25)18-21-13-15-24(16-14-21)29(20-22-8-3-1-4-9-22)27(31)23-10-5-2-6-11-23/h1-6,8-11,13-16,25H,7,12,17-20H2,(H,28,30). The first-order valence-electron chi connectivity index (χ1n) is 11.1. The molecule has 1 fully saturated rings. The summed E-state index contributed by atoms with van der Waals surface area (Å²) in [6, 6.07) is 26.9. The number of benzene rings is 3. The fourth-order valence-electron chi connectivity index (χ4n) is 3.86. The smallest absolute Gasteiger partial charge is 0.258 e. The van der Waals surface area contributed by atoms with Crippen molar-refractivity contribution in [3.05, 3.63) is 102 Å². The zero-order valence-electron chi connectivity index (χ0n) is 18.1. The summed E-state index contributed by atoms with van der Waals surface area (Å²) in [5, 5.41) is 2.95. The van der Waals surface area contributed by atoms with Crippen LogP contribution < -0.4 is 10.2 Å². The molecular weight excluding hydrogens is 400 g/mol. The minimum atomic E-state index is -0.0588. The van der Waals surface area contributed by atoms with Crippen LogP contribution in [-0.4, -0.2) is 31.1 Å². The first-order chi connectivity index (χ1) is 15.7. The van der Waals surface area contributed by atoms with Gasteiger partial charge in [0.05, 0.1) is 19.1 Å². The lowest BCUT2D eigenvalue weighted by atomic mass is 10.1. The summed E-state index contributed by atoms with van der Waals surface area (Å²) >= 11 is 0. The topological polar surface area (TPSA) is 58.6 Å². The van der Waals surface area contributed by atoms with E-state index in [1.165, 1.54) is 0 Å². The van der Waals surface area contributed by atoms with Gasteiger partial charge in [-0.05, 0) is 48.2 Å². The van der Waals surface area contributed by atoms with Gasteiger partial charge in [-0.15, -0.1) is 0 Å². The molecule has 0 aromatic heterocycles. The van der Waals surface area contributed by atoms with Crippen LogP contribution in [-0.2, 0) is 22.5 Å². The minimum Gasteiger partial charge on any atom is -0.376 e. The van der Waals surface area contributed by atoms with Gasteiger partial charge in [-0.1, -0.05) is 60.7 Å². The van der Waals surface area contributed by atoms with E-state index in [-0.39, 0.29) is 17.9 Å². The molecule has 32 heavy (non-hydrogen) atoms. The summed E-state index contributed by atoms with van der Waals surface area (Å²) < 4.78 is 5.55. The predicted octanol–water partition coefficient (Wildman–Crippen LogP) is 4.37. The number of ether oxygens (including phenoxy) is 1. The van der Waals surface area contributed by atoms with Crippen molar-refractivity contribution in [3.63, 3.8) is 0 Å². The highest BCUT2D eigenvalue weighted by Crippen LogP contribution is 2.21. The monoisotopic (exact) mass is 428 g/mol. The van der Waals surface area contributed by atoms with Crippen LogP contribution in [0.2, 0.25) is 0 Å². The van der Waals surface area contributed by atoms with E-state index < -0.39 is 0 Å². The van der Waals surface area contributed by atoms with E-state index >= 15 is 0 Å². The summed E-state index contributed by atoms with van der Waals surface area (Å²) in [6.45, 7) is 1.81. The number of hydrogen-bond donors (Lipinski definition) is 1. The molecule has 1 unspecified atom stereocenters. The Hall–Kier alpha value is -3.44. The summed E-state index contributed by atoms with van der Waals surface area (Å²) in [5.74, 6) is -0.0775. The molecule has 2 amide bonds. The lowest BCUT2D eigenvalue weighted by Crippen LogP contribution is -2.32. The molecule has 0 saturated carbocycles. The molecule has 0 bridgehead atoms. The molecule has 164 valence electrons.